The Kier molecular flexibility index (Phi) is 5.22. The van der Waals surface area contributed by atoms with Crippen molar-refractivity contribution in [3.63, 3.8) is 0 Å². The van der Waals surface area contributed by atoms with E-state index in [4.69, 9.17) is 11.6 Å². The molecule has 0 fully saturated rings. The smallest absolute Gasteiger partial charge is 0.221 e. The van der Waals surface area contributed by atoms with E-state index in [0.717, 1.165) is 5.56 Å². The van der Waals surface area contributed by atoms with Crippen LogP contribution in [0.15, 0.2) is 18.2 Å². The SMILES string of the molecule is CNC(=O)CCNCc1cc(F)cc(Cl)c1. The van der Waals surface area contributed by atoms with Gasteiger partial charge in [-0.15, -0.1) is 0 Å². The Morgan fingerprint density at radius 2 is 2.19 bits per heavy atom. The predicted molar refractivity (Wildman–Crippen MR) is 61.8 cm³/mol. The first kappa shape index (κ1) is 12.9. The van der Waals surface area contributed by atoms with Gasteiger partial charge in [0.2, 0.25) is 5.91 Å². The van der Waals surface area contributed by atoms with Crippen LogP contribution in [-0.4, -0.2) is 19.5 Å². The normalized spacial score (nSPS) is 10.2. The minimum atomic E-state index is -0.351. The minimum absolute atomic E-state index is 0.0234. The van der Waals surface area contributed by atoms with Crippen LogP contribution in [-0.2, 0) is 11.3 Å². The second-order valence-corrected chi connectivity index (χ2v) is 3.81. The summed E-state index contributed by atoms with van der Waals surface area (Å²) in [5, 5.41) is 5.93. The Hall–Kier alpha value is -1.13. The minimum Gasteiger partial charge on any atom is -0.359 e. The maximum atomic E-state index is 12.9. The van der Waals surface area contributed by atoms with Crippen LogP contribution in [0.5, 0.6) is 0 Å². The van der Waals surface area contributed by atoms with Crippen molar-refractivity contribution >= 4 is 17.5 Å². The lowest BCUT2D eigenvalue weighted by Crippen LogP contribution is -2.24. The molecule has 0 aromatic heterocycles. The quantitative estimate of drug-likeness (QED) is 0.775. The second-order valence-electron chi connectivity index (χ2n) is 3.38. The third-order valence-electron chi connectivity index (χ3n) is 2.06. The van der Waals surface area contributed by atoms with Gasteiger partial charge in [0.25, 0.3) is 0 Å². The van der Waals surface area contributed by atoms with E-state index in [0.29, 0.717) is 24.5 Å². The van der Waals surface area contributed by atoms with E-state index >= 15 is 0 Å². The summed E-state index contributed by atoms with van der Waals surface area (Å²) < 4.78 is 12.9. The van der Waals surface area contributed by atoms with Crippen molar-refractivity contribution in [3.05, 3.63) is 34.6 Å². The number of hydrogen-bond donors (Lipinski definition) is 2. The van der Waals surface area contributed by atoms with E-state index in [-0.39, 0.29) is 11.7 Å². The van der Waals surface area contributed by atoms with Gasteiger partial charge in [0, 0.05) is 31.6 Å². The van der Waals surface area contributed by atoms with E-state index in [1.165, 1.54) is 12.1 Å². The third-order valence-corrected chi connectivity index (χ3v) is 2.28. The van der Waals surface area contributed by atoms with E-state index in [1.807, 2.05) is 0 Å². The van der Waals surface area contributed by atoms with Crippen molar-refractivity contribution in [2.24, 2.45) is 0 Å². The summed E-state index contributed by atoms with van der Waals surface area (Å²) in [5.41, 5.74) is 0.766. The summed E-state index contributed by atoms with van der Waals surface area (Å²) in [6.07, 6.45) is 0.402. The van der Waals surface area contributed by atoms with Crippen LogP contribution in [0.3, 0.4) is 0 Å². The van der Waals surface area contributed by atoms with Gasteiger partial charge in [0.05, 0.1) is 0 Å². The van der Waals surface area contributed by atoms with Gasteiger partial charge in [-0.25, -0.2) is 4.39 Å². The lowest BCUT2D eigenvalue weighted by Gasteiger charge is -2.05. The van der Waals surface area contributed by atoms with Crippen LogP contribution in [0, 0.1) is 5.82 Å². The zero-order chi connectivity index (χ0) is 12.0. The Bertz CT molecular complexity index is 351. The Morgan fingerprint density at radius 3 is 2.81 bits per heavy atom. The molecule has 0 aliphatic heterocycles. The van der Waals surface area contributed by atoms with Crippen LogP contribution >= 0.6 is 11.6 Å². The lowest BCUT2D eigenvalue weighted by molar-refractivity contribution is -0.120. The fourth-order valence-corrected chi connectivity index (χ4v) is 1.52. The number of carbonyl (C=O) groups excluding carboxylic acids is 1. The van der Waals surface area contributed by atoms with Crippen LogP contribution in [0.2, 0.25) is 5.02 Å². The molecule has 1 aromatic carbocycles. The second kappa shape index (κ2) is 6.45. The van der Waals surface area contributed by atoms with E-state index < -0.39 is 0 Å². The summed E-state index contributed by atoms with van der Waals surface area (Å²) in [5.74, 6) is -0.375. The molecule has 0 saturated carbocycles. The highest BCUT2D eigenvalue weighted by molar-refractivity contribution is 6.30. The van der Waals surface area contributed by atoms with Gasteiger partial charge >= 0.3 is 0 Å². The van der Waals surface area contributed by atoms with Crippen molar-refractivity contribution in [2.75, 3.05) is 13.6 Å². The predicted octanol–water partition coefficient (Wildman–Crippen LogP) is 1.70. The molecule has 0 saturated heterocycles. The monoisotopic (exact) mass is 244 g/mol. The van der Waals surface area contributed by atoms with Crippen molar-refractivity contribution < 1.29 is 9.18 Å². The van der Waals surface area contributed by atoms with E-state index in [1.54, 1.807) is 13.1 Å². The molecule has 88 valence electrons. The number of halogens is 2. The molecule has 0 bridgehead atoms. The fourth-order valence-electron chi connectivity index (χ4n) is 1.27. The van der Waals surface area contributed by atoms with Crippen LogP contribution < -0.4 is 10.6 Å². The maximum absolute atomic E-state index is 12.9. The Labute approximate surface area is 99.0 Å². The molecule has 1 aromatic rings. The number of benzene rings is 1. The number of amides is 1. The third kappa shape index (κ3) is 4.59. The largest absolute Gasteiger partial charge is 0.359 e. The summed E-state index contributed by atoms with van der Waals surface area (Å²) in [4.78, 5) is 10.9. The lowest BCUT2D eigenvalue weighted by atomic mass is 10.2. The van der Waals surface area contributed by atoms with Crippen molar-refractivity contribution in [1.82, 2.24) is 10.6 Å². The highest BCUT2D eigenvalue weighted by Crippen LogP contribution is 2.13. The van der Waals surface area contributed by atoms with Crippen molar-refractivity contribution in [2.45, 2.75) is 13.0 Å². The van der Waals surface area contributed by atoms with Crippen molar-refractivity contribution in [3.8, 4) is 0 Å². The molecular weight excluding hydrogens is 231 g/mol. The molecule has 0 atom stereocenters. The van der Waals surface area contributed by atoms with Crippen molar-refractivity contribution in [1.29, 1.82) is 0 Å². The molecule has 5 heteroatoms. The molecule has 0 heterocycles. The van der Waals surface area contributed by atoms with Crippen LogP contribution in [0.25, 0.3) is 0 Å². The molecule has 0 unspecified atom stereocenters. The molecule has 3 nitrogen and oxygen atoms in total. The molecule has 0 aliphatic carbocycles. The van der Waals surface area contributed by atoms with E-state index in [9.17, 15) is 9.18 Å². The number of rotatable bonds is 5. The zero-order valence-electron chi connectivity index (χ0n) is 9.02. The highest BCUT2D eigenvalue weighted by Gasteiger charge is 2.00. The Morgan fingerprint density at radius 1 is 1.44 bits per heavy atom. The molecule has 0 radical (unpaired) electrons. The number of nitrogens with one attached hydrogen (secondary N) is 2. The van der Waals surface area contributed by atoms with Gasteiger partial charge in [-0.3, -0.25) is 4.79 Å². The zero-order valence-corrected chi connectivity index (χ0v) is 9.77. The Balaban J connectivity index is 2.34. The molecule has 2 N–H and O–H groups in total. The summed E-state index contributed by atoms with van der Waals surface area (Å²) in [6, 6.07) is 4.37. The fraction of sp³-hybridized carbons (Fsp3) is 0.364. The first-order valence-corrected chi connectivity index (χ1v) is 5.36. The van der Waals surface area contributed by atoms with Gasteiger partial charge in [-0.1, -0.05) is 11.6 Å². The van der Waals surface area contributed by atoms with Gasteiger partial charge in [0.1, 0.15) is 5.82 Å². The topological polar surface area (TPSA) is 41.1 Å². The van der Waals surface area contributed by atoms with Gasteiger partial charge in [-0.2, -0.15) is 0 Å². The van der Waals surface area contributed by atoms with E-state index in [2.05, 4.69) is 10.6 Å². The highest BCUT2D eigenvalue weighted by atomic mass is 35.5. The average Bonchev–Trinajstić information content (AvgIpc) is 2.22. The van der Waals surface area contributed by atoms with Gasteiger partial charge < -0.3 is 10.6 Å². The summed E-state index contributed by atoms with van der Waals surface area (Å²) in [6.45, 7) is 1.04. The molecule has 16 heavy (non-hydrogen) atoms. The summed E-state index contributed by atoms with van der Waals surface area (Å²) in [7, 11) is 1.59. The maximum Gasteiger partial charge on any atom is 0.221 e. The molecule has 1 rings (SSSR count). The first-order chi connectivity index (χ1) is 7.61. The first-order valence-electron chi connectivity index (χ1n) is 4.98. The molecular formula is C11H14ClFN2O. The summed E-state index contributed by atoms with van der Waals surface area (Å²) >= 11 is 5.70. The van der Waals surface area contributed by atoms with Gasteiger partial charge in [-0.05, 0) is 23.8 Å². The van der Waals surface area contributed by atoms with Crippen LogP contribution in [0.4, 0.5) is 4.39 Å². The molecule has 0 aliphatic rings. The van der Waals surface area contributed by atoms with Crippen LogP contribution in [0.1, 0.15) is 12.0 Å². The standard InChI is InChI=1S/C11H14ClFN2O/c1-14-11(16)2-3-15-7-8-4-9(12)6-10(13)5-8/h4-6,15H,2-3,7H2,1H3,(H,14,16). The molecule has 1 amide bonds. The number of carbonyl (C=O) groups is 1. The molecule has 0 spiro atoms. The average molecular weight is 245 g/mol. The number of hydrogen-bond acceptors (Lipinski definition) is 2. The van der Waals surface area contributed by atoms with Gasteiger partial charge in [0.15, 0.2) is 0 Å².